The summed E-state index contributed by atoms with van der Waals surface area (Å²) in [4.78, 5) is 27.6. The lowest BCUT2D eigenvalue weighted by Crippen LogP contribution is -2.45. The molecule has 0 fully saturated rings. The largest absolute Gasteiger partial charge is 0.493 e. The quantitative estimate of drug-likeness (QED) is 0.398. The Morgan fingerprint density at radius 2 is 1.61 bits per heavy atom. The van der Waals surface area contributed by atoms with Crippen molar-refractivity contribution in [2.75, 3.05) is 27.4 Å². The number of thiophene rings is 1. The van der Waals surface area contributed by atoms with Gasteiger partial charge in [-0.05, 0) is 61.9 Å². The number of ether oxygens (including phenoxy) is 3. The van der Waals surface area contributed by atoms with Gasteiger partial charge >= 0.3 is 6.09 Å². The molecule has 2 rings (SSSR count). The lowest BCUT2D eigenvalue weighted by atomic mass is 9.74. The van der Waals surface area contributed by atoms with Crippen LogP contribution in [0.2, 0.25) is 0 Å². The molecular weight excluding hydrogens is 478 g/mol. The molecule has 0 aliphatic heterocycles. The Labute approximate surface area is 219 Å². The minimum atomic E-state index is -1.02. The first-order valence-corrected chi connectivity index (χ1v) is 13.2. The topological polar surface area (TPSA) is 85.3 Å². The zero-order valence-corrected chi connectivity index (χ0v) is 23.9. The van der Waals surface area contributed by atoms with Crippen LogP contribution in [0.1, 0.15) is 81.4 Å². The van der Waals surface area contributed by atoms with Crippen molar-refractivity contribution in [3.05, 3.63) is 45.6 Å². The summed E-state index contributed by atoms with van der Waals surface area (Å²) >= 11 is 1.39. The fraction of sp³-hybridized carbons (Fsp3) is 0.571. The molecule has 2 amide bonds. The number of rotatable bonds is 10. The maximum atomic E-state index is 13.0. The summed E-state index contributed by atoms with van der Waals surface area (Å²) in [6.45, 7) is 14.0. The van der Waals surface area contributed by atoms with Gasteiger partial charge in [-0.3, -0.25) is 4.79 Å². The molecule has 1 unspecified atom stereocenters. The van der Waals surface area contributed by atoms with Gasteiger partial charge in [-0.1, -0.05) is 40.7 Å². The summed E-state index contributed by atoms with van der Waals surface area (Å²) in [5.74, 6) is 0.777. The summed E-state index contributed by atoms with van der Waals surface area (Å²) in [5, 5.41) is 10.8. The Bertz CT molecular complexity index is 1050. The van der Waals surface area contributed by atoms with Gasteiger partial charge in [0, 0.05) is 16.8 Å². The molecule has 0 radical (unpaired) electrons. The van der Waals surface area contributed by atoms with Crippen LogP contribution < -0.4 is 9.47 Å². The molecule has 0 spiro atoms. The molecule has 0 saturated carbocycles. The number of hydrogen-bond donors (Lipinski definition) is 1. The summed E-state index contributed by atoms with van der Waals surface area (Å²) in [5.41, 5.74) is -0.687. The van der Waals surface area contributed by atoms with Gasteiger partial charge in [-0.2, -0.15) is 0 Å². The third-order valence-corrected chi connectivity index (χ3v) is 8.57. The van der Waals surface area contributed by atoms with E-state index in [2.05, 4.69) is 13.8 Å². The first-order chi connectivity index (χ1) is 16.8. The van der Waals surface area contributed by atoms with E-state index in [0.717, 1.165) is 28.2 Å². The van der Waals surface area contributed by atoms with E-state index in [0.29, 0.717) is 16.4 Å². The third kappa shape index (κ3) is 5.86. The predicted octanol–water partition coefficient (Wildman–Crippen LogP) is 6.27. The highest BCUT2D eigenvalue weighted by atomic mass is 32.1. The molecule has 1 N–H and O–H groups in total. The number of nitrogens with zero attached hydrogens (tertiary/aromatic N) is 1. The second-order valence-electron chi connectivity index (χ2n) is 10.2. The van der Waals surface area contributed by atoms with Crippen LogP contribution >= 0.6 is 11.3 Å². The number of imide groups is 1. The summed E-state index contributed by atoms with van der Waals surface area (Å²) < 4.78 is 16.4. The van der Waals surface area contributed by atoms with Gasteiger partial charge in [-0.15, -0.1) is 11.3 Å². The monoisotopic (exact) mass is 519 g/mol. The van der Waals surface area contributed by atoms with Gasteiger partial charge < -0.3 is 19.3 Å². The molecule has 0 bridgehead atoms. The third-order valence-electron chi connectivity index (χ3n) is 7.29. The second kappa shape index (κ2) is 11.6. The fourth-order valence-electron chi connectivity index (χ4n) is 3.98. The van der Waals surface area contributed by atoms with E-state index in [1.54, 1.807) is 27.0 Å². The number of carbonyl (C=O) groups excluding carboxylic acids is 2. The van der Waals surface area contributed by atoms with Crippen LogP contribution in [0, 0.1) is 5.41 Å². The highest BCUT2D eigenvalue weighted by molar-refractivity contribution is 7.14. The first-order valence-electron chi connectivity index (χ1n) is 12.4. The Balaban J connectivity index is 2.43. The van der Waals surface area contributed by atoms with Crippen molar-refractivity contribution in [1.29, 1.82) is 0 Å². The Morgan fingerprint density at radius 1 is 0.972 bits per heavy atom. The van der Waals surface area contributed by atoms with Crippen molar-refractivity contribution in [3.8, 4) is 11.5 Å². The van der Waals surface area contributed by atoms with Crippen molar-refractivity contribution >= 4 is 23.3 Å². The average molecular weight is 520 g/mol. The number of amides is 2. The zero-order chi connectivity index (χ0) is 27.3. The van der Waals surface area contributed by atoms with Crippen LogP contribution in [0.3, 0.4) is 0 Å². The van der Waals surface area contributed by atoms with Crippen molar-refractivity contribution in [3.63, 3.8) is 0 Å². The number of hydrogen-bond acceptors (Lipinski definition) is 7. The van der Waals surface area contributed by atoms with Gasteiger partial charge in [0.2, 0.25) is 0 Å². The predicted molar refractivity (Wildman–Crippen MR) is 143 cm³/mol. The lowest BCUT2D eigenvalue weighted by molar-refractivity contribution is -0.0727. The Hall–Kier alpha value is -2.58. The standard InChI is InChI=1S/C28H41NO6S/c1-10-28(11-2,23-16-15-22(36-23)24(30)29(12-3)25(31)34-9)19-13-14-20(21(17-19)33-8)35-18-27(7,32)26(4,5)6/h13-17,32H,10-12,18H2,1-9H3. The fourth-order valence-corrected chi connectivity index (χ4v) is 5.29. The smallest absolute Gasteiger partial charge is 0.416 e. The SMILES string of the molecule is CCN(C(=O)OC)C(=O)c1ccc(C(CC)(CC)c2ccc(OCC(C)(O)C(C)(C)C)c(OC)c2)s1. The Kier molecular flexibility index (Phi) is 9.59. The number of aliphatic hydroxyl groups is 1. The molecule has 7 nitrogen and oxygen atoms in total. The molecule has 0 aliphatic rings. The van der Waals surface area contributed by atoms with Crippen molar-refractivity contribution in [2.24, 2.45) is 5.41 Å². The summed E-state index contributed by atoms with van der Waals surface area (Å²) in [6, 6.07) is 9.61. The summed E-state index contributed by atoms with van der Waals surface area (Å²) in [6.07, 6.45) is 0.933. The van der Waals surface area contributed by atoms with Crippen LogP contribution in [-0.2, 0) is 10.2 Å². The van der Waals surface area contributed by atoms with Crippen LogP contribution in [0.4, 0.5) is 4.79 Å². The molecule has 1 atom stereocenters. The van der Waals surface area contributed by atoms with E-state index in [4.69, 9.17) is 14.2 Å². The van der Waals surface area contributed by atoms with Gasteiger partial charge in [0.25, 0.3) is 5.91 Å². The van der Waals surface area contributed by atoms with E-state index >= 15 is 0 Å². The van der Waals surface area contributed by atoms with Gasteiger partial charge in [-0.25, -0.2) is 9.69 Å². The van der Waals surface area contributed by atoms with Gasteiger partial charge in [0.1, 0.15) is 12.2 Å². The van der Waals surface area contributed by atoms with Gasteiger partial charge in [0.15, 0.2) is 11.5 Å². The van der Waals surface area contributed by atoms with E-state index in [-0.39, 0.29) is 29.9 Å². The number of methoxy groups -OCH3 is 2. The van der Waals surface area contributed by atoms with Crippen molar-refractivity contribution in [2.45, 2.75) is 72.3 Å². The first kappa shape index (κ1) is 29.6. The van der Waals surface area contributed by atoms with Crippen LogP contribution in [0.15, 0.2) is 30.3 Å². The van der Waals surface area contributed by atoms with E-state index < -0.39 is 11.7 Å². The molecule has 2 aromatic rings. The van der Waals surface area contributed by atoms with Crippen LogP contribution in [0.5, 0.6) is 11.5 Å². The molecular formula is C28H41NO6S. The molecule has 36 heavy (non-hydrogen) atoms. The van der Waals surface area contributed by atoms with Crippen molar-refractivity contribution < 1.29 is 28.9 Å². The minimum Gasteiger partial charge on any atom is -0.493 e. The minimum absolute atomic E-state index is 0.128. The lowest BCUT2D eigenvalue weighted by Gasteiger charge is -2.37. The molecule has 0 aliphatic carbocycles. The van der Waals surface area contributed by atoms with E-state index in [1.807, 2.05) is 45.0 Å². The normalized spacial score (nSPS) is 13.6. The number of benzene rings is 1. The van der Waals surface area contributed by atoms with Gasteiger partial charge in [0.05, 0.1) is 19.1 Å². The second-order valence-corrected chi connectivity index (χ2v) is 11.2. The average Bonchev–Trinajstić information content (AvgIpc) is 3.34. The molecule has 1 aromatic carbocycles. The molecule has 0 saturated heterocycles. The highest BCUT2D eigenvalue weighted by Crippen LogP contribution is 2.45. The molecule has 200 valence electrons. The highest BCUT2D eigenvalue weighted by Gasteiger charge is 2.37. The maximum Gasteiger partial charge on any atom is 0.416 e. The Morgan fingerprint density at radius 3 is 2.11 bits per heavy atom. The molecule has 8 heteroatoms. The zero-order valence-electron chi connectivity index (χ0n) is 23.1. The van der Waals surface area contributed by atoms with E-state index in [1.165, 1.54) is 18.4 Å². The maximum absolute atomic E-state index is 13.0. The van der Waals surface area contributed by atoms with Crippen LogP contribution in [-0.4, -0.2) is 55.0 Å². The summed E-state index contributed by atoms with van der Waals surface area (Å²) in [7, 11) is 2.86. The van der Waals surface area contributed by atoms with Crippen molar-refractivity contribution in [1.82, 2.24) is 4.90 Å². The molecule has 1 heterocycles. The van der Waals surface area contributed by atoms with E-state index in [9.17, 15) is 14.7 Å². The molecule has 1 aromatic heterocycles. The van der Waals surface area contributed by atoms with Crippen LogP contribution in [0.25, 0.3) is 0 Å². The number of carbonyl (C=O) groups is 2.